The number of ether oxygens (including phenoxy) is 1. The summed E-state index contributed by atoms with van der Waals surface area (Å²) in [6.07, 6.45) is 1.30. The van der Waals surface area contributed by atoms with E-state index in [1.54, 1.807) is 24.3 Å². The molecular weight excluding hydrogens is 318 g/mol. The van der Waals surface area contributed by atoms with Gasteiger partial charge in [-0.2, -0.15) is 0 Å². The van der Waals surface area contributed by atoms with E-state index in [2.05, 4.69) is 5.32 Å². The van der Waals surface area contributed by atoms with Crippen LogP contribution < -0.4 is 5.32 Å². The fourth-order valence-corrected chi connectivity index (χ4v) is 3.18. The minimum Gasteiger partial charge on any atom is -0.478 e. The minimum absolute atomic E-state index is 0.0513. The molecule has 1 amide bonds. The van der Waals surface area contributed by atoms with Gasteiger partial charge in [-0.05, 0) is 30.0 Å². The Bertz CT molecular complexity index is 744. The first-order valence-electron chi connectivity index (χ1n) is 8.42. The van der Waals surface area contributed by atoms with Crippen molar-refractivity contribution >= 4 is 11.9 Å². The number of amides is 1. The molecule has 0 aliphatic carbocycles. The zero-order valence-electron chi connectivity index (χ0n) is 13.9. The highest BCUT2D eigenvalue weighted by atomic mass is 16.5. The lowest BCUT2D eigenvalue weighted by Crippen LogP contribution is -2.36. The number of hydrogen-bond donors (Lipinski definition) is 2. The SMILES string of the molecule is O=C(CCc1ccccc1C(=O)O)N[C@H]1CCO[C@H]1c1ccccc1. The Kier molecular flexibility index (Phi) is 5.46. The number of carbonyl (C=O) groups excluding carboxylic acids is 1. The van der Waals surface area contributed by atoms with Crippen LogP contribution in [-0.4, -0.2) is 29.6 Å². The third-order valence-corrected chi connectivity index (χ3v) is 4.44. The molecule has 0 unspecified atom stereocenters. The Morgan fingerprint density at radius 3 is 2.56 bits per heavy atom. The molecule has 0 aromatic heterocycles. The summed E-state index contributed by atoms with van der Waals surface area (Å²) in [5.41, 5.74) is 1.98. The van der Waals surface area contributed by atoms with Gasteiger partial charge in [0.15, 0.2) is 0 Å². The summed E-state index contributed by atoms with van der Waals surface area (Å²) in [5, 5.41) is 12.2. The molecule has 130 valence electrons. The van der Waals surface area contributed by atoms with Gasteiger partial charge in [-0.3, -0.25) is 4.79 Å². The van der Waals surface area contributed by atoms with E-state index in [0.29, 0.717) is 18.6 Å². The number of hydrogen-bond acceptors (Lipinski definition) is 3. The second-order valence-corrected chi connectivity index (χ2v) is 6.13. The van der Waals surface area contributed by atoms with Crippen molar-refractivity contribution in [3.8, 4) is 0 Å². The summed E-state index contributed by atoms with van der Waals surface area (Å²) in [7, 11) is 0. The topological polar surface area (TPSA) is 75.6 Å². The quantitative estimate of drug-likeness (QED) is 0.848. The molecule has 1 saturated heterocycles. The van der Waals surface area contributed by atoms with Crippen LogP contribution in [0.25, 0.3) is 0 Å². The largest absolute Gasteiger partial charge is 0.478 e. The van der Waals surface area contributed by atoms with Gasteiger partial charge in [0.25, 0.3) is 0 Å². The molecule has 2 atom stereocenters. The second-order valence-electron chi connectivity index (χ2n) is 6.13. The van der Waals surface area contributed by atoms with E-state index in [4.69, 9.17) is 4.74 Å². The molecule has 1 aliphatic heterocycles. The van der Waals surface area contributed by atoms with E-state index in [-0.39, 0.29) is 30.0 Å². The van der Waals surface area contributed by atoms with Crippen molar-refractivity contribution in [1.29, 1.82) is 0 Å². The van der Waals surface area contributed by atoms with Gasteiger partial charge >= 0.3 is 5.97 Å². The summed E-state index contributed by atoms with van der Waals surface area (Å²) in [4.78, 5) is 23.5. The van der Waals surface area contributed by atoms with Crippen molar-refractivity contribution in [2.24, 2.45) is 0 Å². The van der Waals surface area contributed by atoms with Crippen molar-refractivity contribution < 1.29 is 19.4 Å². The highest BCUT2D eigenvalue weighted by Gasteiger charge is 2.30. The molecular formula is C20H21NO4. The summed E-state index contributed by atoms with van der Waals surface area (Å²) in [6.45, 7) is 0.617. The van der Waals surface area contributed by atoms with Crippen molar-refractivity contribution in [3.05, 3.63) is 71.3 Å². The predicted molar refractivity (Wildman–Crippen MR) is 93.4 cm³/mol. The lowest BCUT2D eigenvalue weighted by molar-refractivity contribution is -0.122. The first-order valence-corrected chi connectivity index (χ1v) is 8.42. The molecule has 5 heteroatoms. The van der Waals surface area contributed by atoms with Crippen LogP contribution in [-0.2, 0) is 16.0 Å². The third kappa shape index (κ3) is 4.25. The Hall–Kier alpha value is -2.66. The van der Waals surface area contributed by atoms with Crippen molar-refractivity contribution in [2.75, 3.05) is 6.61 Å². The Morgan fingerprint density at radius 1 is 1.08 bits per heavy atom. The van der Waals surface area contributed by atoms with Crippen LogP contribution in [0.4, 0.5) is 0 Å². The Morgan fingerprint density at radius 2 is 1.80 bits per heavy atom. The zero-order valence-corrected chi connectivity index (χ0v) is 13.9. The monoisotopic (exact) mass is 339 g/mol. The van der Waals surface area contributed by atoms with Crippen molar-refractivity contribution in [3.63, 3.8) is 0 Å². The molecule has 3 rings (SSSR count). The summed E-state index contributed by atoms with van der Waals surface area (Å²) >= 11 is 0. The fourth-order valence-electron chi connectivity index (χ4n) is 3.18. The maximum absolute atomic E-state index is 12.3. The molecule has 5 nitrogen and oxygen atoms in total. The molecule has 1 aliphatic rings. The zero-order chi connectivity index (χ0) is 17.6. The summed E-state index contributed by atoms with van der Waals surface area (Å²) in [6, 6.07) is 16.6. The molecule has 1 fully saturated rings. The number of carbonyl (C=O) groups is 2. The smallest absolute Gasteiger partial charge is 0.335 e. The lowest BCUT2D eigenvalue weighted by Gasteiger charge is -2.20. The molecule has 2 aromatic carbocycles. The number of aryl methyl sites for hydroxylation is 1. The number of benzene rings is 2. The summed E-state index contributed by atoms with van der Waals surface area (Å²) in [5.74, 6) is -1.05. The van der Waals surface area contributed by atoms with Gasteiger partial charge in [0.05, 0.1) is 11.6 Å². The minimum atomic E-state index is -0.968. The first-order chi connectivity index (χ1) is 12.1. The highest BCUT2D eigenvalue weighted by Crippen LogP contribution is 2.29. The third-order valence-electron chi connectivity index (χ3n) is 4.44. The molecule has 25 heavy (non-hydrogen) atoms. The van der Waals surface area contributed by atoms with E-state index in [0.717, 1.165) is 12.0 Å². The number of carboxylic acid groups (broad SMARTS) is 1. The van der Waals surface area contributed by atoms with Crippen LogP contribution in [0.15, 0.2) is 54.6 Å². The molecule has 0 spiro atoms. The van der Waals surface area contributed by atoms with Crippen LogP contribution in [0.3, 0.4) is 0 Å². The molecule has 1 heterocycles. The van der Waals surface area contributed by atoms with Gasteiger partial charge in [-0.1, -0.05) is 48.5 Å². The van der Waals surface area contributed by atoms with Gasteiger partial charge in [0.1, 0.15) is 6.10 Å². The number of rotatable bonds is 6. The Balaban J connectivity index is 1.59. The van der Waals surface area contributed by atoms with Gasteiger partial charge in [-0.25, -0.2) is 4.79 Å². The van der Waals surface area contributed by atoms with Gasteiger partial charge in [0.2, 0.25) is 5.91 Å². The molecule has 2 aromatic rings. The average molecular weight is 339 g/mol. The lowest BCUT2D eigenvalue weighted by atomic mass is 10.0. The summed E-state index contributed by atoms with van der Waals surface area (Å²) < 4.78 is 5.77. The van der Waals surface area contributed by atoms with Crippen LogP contribution in [0.2, 0.25) is 0 Å². The van der Waals surface area contributed by atoms with Gasteiger partial charge in [-0.15, -0.1) is 0 Å². The van der Waals surface area contributed by atoms with E-state index in [1.165, 1.54) is 0 Å². The molecule has 0 saturated carbocycles. The molecule has 0 radical (unpaired) electrons. The molecule has 2 N–H and O–H groups in total. The number of aromatic carboxylic acids is 1. The maximum atomic E-state index is 12.3. The predicted octanol–water partition coefficient (Wildman–Crippen LogP) is 2.96. The second kappa shape index (κ2) is 7.94. The van der Waals surface area contributed by atoms with Crippen LogP contribution in [0.5, 0.6) is 0 Å². The van der Waals surface area contributed by atoms with Crippen LogP contribution in [0, 0.1) is 0 Å². The van der Waals surface area contributed by atoms with Gasteiger partial charge in [0, 0.05) is 13.0 Å². The van der Waals surface area contributed by atoms with Crippen LogP contribution >= 0.6 is 0 Å². The Labute approximate surface area is 146 Å². The number of carboxylic acids is 1. The highest BCUT2D eigenvalue weighted by molar-refractivity contribution is 5.89. The fraction of sp³-hybridized carbons (Fsp3) is 0.300. The molecule has 0 bridgehead atoms. The maximum Gasteiger partial charge on any atom is 0.335 e. The first kappa shape index (κ1) is 17.2. The van der Waals surface area contributed by atoms with E-state index in [1.807, 2.05) is 30.3 Å². The normalized spacial score (nSPS) is 19.5. The van der Waals surface area contributed by atoms with E-state index >= 15 is 0 Å². The van der Waals surface area contributed by atoms with E-state index in [9.17, 15) is 14.7 Å². The standard InChI is InChI=1S/C20H21NO4/c22-18(11-10-14-6-4-5-9-16(14)20(23)24)21-17-12-13-25-19(17)15-7-2-1-3-8-15/h1-9,17,19H,10-13H2,(H,21,22)(H,23,24)/t17-,19-/m0/s1. The van der Waals surface area contributed by atoms with Crippen molar-refractivity contribution in [2.45, 2.75) is 31.4 Å². The van der Waals surface area contributed by atoms with Gasteiger partial charge < -0.3 is 15.2 Å². The van der Waals surface area contributed by atoms with Crippen LogP contribution in [0.1, 0.15) is 40.4 Å². The van der Waals surface area contributed by atoms with E-state index < -0.39 is 5.97 Å². The van der Waals surface area contributed by atoms with Crippen molar-refractivity contribution in [1.82, 2.24) is 5.32 Å². The number of nitrogens with one attached hydrogen (secondary N) is 1. The average Bonchev–Trinajstić information content (AvgIpc) is 3.09.